The Labute approximate surface area is 226 Å². The Morgan fingerprint density at radius 3 is 2.37 bits per heavy atom. The molecule has 0 bridgehead atoms. The molecule has 0 radical (unpaired) electrons. The predicted molar refractivity (Wildman–Crippen MR) is 151 cm³/mol. The number of benzene rings is 2. The SMILES string of the molecule is CCN(CC)c1ccc(C=c2sc3n(c2=O)[C@@H](c2ccc(OC)cc2OC)C(C(C)=O)=C(C)N=3)c(OC)c1. The summed E-state index contributed by atoms with van der Waals surface area (Å²) in [4.78, 5) is 34.1. The van der Waals surface area contributed by atoms with Gasteiger partial charge in [0.1, 0.15) is 17.2 Å². The molecule has 2 heterocycles. The van der Waals surface area contributed by atoms with E-state index in [4.69, 9.17) is 14.2 Å². The van der Waals surface area contributed by atoms with Gasteiger partial charge in [-0.1, -0.05) is 11.3 Å². The summed E-state index contributed by atoms with van der Waals surface area (Å²) >= 11 is 1.28. The lowest BCUT2D eigenvalue weighted by Gasteiger charge is -2.26. The minimum Gasteiger partial charge on any atom is -0.497 e. The van der Waals surface area contributed by atoms with Gasteiger partial charge in [-0.25, -0.2) is 4.99 Å². The number of rotatable bonds is 9. The maximum Gasteiger partial charge on any atom is 0.271 e. The minimum atomic E-state index is -0.682. The van der Waals surface area contributed by atoms with Crippen LogP contribution in [0.15, 0.2) is 57.5 Å². The van der Waals surface area contributed by atoms with Crippen molar-refractivity contribution >= 4 is 28.9 Å². The number of methoxy groups -OCH3 is 3. The Kier molecular flexibility index (Phi) is 8.06. The molecule has 1 aromatic heterocycles. The van der Waals surface area contributed by atoms with Gasteiger partial charge in [-0.2, -0.15) is 0 Å². The summed E-state index contributed by atoms with van der Waals surface area (Å²) < 4.78 is 18.8. The van der Waals surface area contributed by atoms with E-state index in [1.807, 2.05) is 30.3 Å². The van der Waals surface area contributed by atoms with Gasteiger partial charge < -0.3 is 19.1 Å². The van der Waals surface area contributed by atoms with Crippen LogP contribution in [0.4, 0.5) is 5.69 Å². The zero-order valence-electron chi connectivity index (χ0n) is 22.8. The first kappa shape index (κ1) is 27.2. The summed E-state index contributed by atoms with van der Waals surface area (Å²) in [6.07, 6.45) is 1.82. The first-order valence-corrected chi connectivity index (χ1v) is 13.3. The number of ether oxygens (including phenoxy) is 3. The van der Waals surface area contributed by atoms with Gasteiger partial charge in [0.2, 0.25) is 0 Å². The molecule has 0 spiro atoms. The van der Waals surface area contributed by atoms with Crippen molar-refractivity contribution in [3.63, 3.8) is 0 Å². The number of thiazole rings is 1. The molecule has 38 heavy (non-hydrogen) atoms. The topological polar surface area (TPSA) is 82.4 Å². The standard InChI is InChI=1S/C29H33N3O5S/c1-8-31(9-2)20-11-10-19(23(15-20)36-6)14-25-28(34)32-27(22-13-12-21(35-5)16-24(22)37-7)26(18(4)33)17(3)30-29(32)38-25/h10-16,27H,8-9H2,1-7H3/t27-/m0/s1. The zero-order chi connectivity index (χ0) is 27.6. The van der Waals surface area contributed by atoms with Gasteiger partial charge in [-0.05, 0) is 58.0 Å². The summed E-state index contributed by atoms with van der Waals surface area (Å²) in [5.74, 6) is 1.65. The van der Waals surface area contributed by atoms with Crippen LogP contribution in [0.25, 0.3) is 6.08 Å². The van der Waals surface area contributed by atoms with Crippen LogP contribution in [-0.2, 0) is 4.79 Å². The zero-order valence-corrected chi connectivity index (χ0v) is 23.6. The highest BCUT2D eigenvalue weighted by Crippen LogP contribution is 2.37. The number of carbonyl (C=O) groups is 1. The summed E-state index contributed by atoms with van der Waals surface area (Å²) in [6, 6.07) is 10.7. The maximum atomic E-state index is 13.9. The summed E-state index contributed by atoms with van der Waals surface area (Å²) in [7, 11) is 4.75. The number of anilines is 1. The number of allylic oxidation sites excluding steroid dienone is 2. The van der Waals surface area contributed by atoms with Crippen molar-refractivity contribution in [1.29, 1.82) is 0 Å². The van der Waals surface area contributed by atoms with Crippen LogP contribution in [0.5, 0.6) is 17.2 Å². The first-order valence-electron chi connectivity index (χ1n) is 12.5. The van der Waals surface area contributed by atoms with Crippen LogP contribution in [0.2, 0.25) is 0 Å². The highest BCUT2D eigenvalue weighted by atomic mass is 32.1. The molecule has 0 N–H and O–H groups in total. The molecule has 8 nitrogen and oxygen atoms in total. The van der Waals surface area contributed by atoms with Crippen molar-refractivity contribution in [2.75, 3.05) is 39.3 Å². The fraction of sp³-hybridized carbons (Fsp3) is 0.345. The molecule has 1 atom stereocenters. The highest BCUT2D eigenvalue weighted by molar-refractivity contribution is 7.07. The lowest BCUT2D eigenvalue weighted by Crippen LogP contribution is -2.39. The van der Waals surface area contributed by atoms with Crippen molar-refractivity contribution in [2.24, 2.45) is 4.99 Å². The molecule has 0 amide bonds. The molecule has 1 aliphatic heterocycles. The Bertz CT molecular complexity index is 1580. The van der Waals surface area contributed by atoms with E-state index in [-0.39, 0.29) is 11.3 Å². The Balaban J connectivity index is 1.94. The van der Waals surface area contributed by atoms with Crippen molar-refractivity contribution < 1.29 is 19.0 Å². The number of carbonyl (C=O) groups excluding carboxylic acids is 1. The quantitative estimate of drug-likeness (QED) is 0.416. The van der Waals surface area contributed by atoms with Crippen molar-refractivity contribution in [1.82, 2.24) is 4.57 Å². The third kappa shape index (κ3) is 4.86. The molecule has 0 unspecified atom stereocenters. The lowest BCUT2D eigenvalue weighted by molar-refractivity contribution is -0.114. The van der Waals surface area contributed by atoms with Crippen LogP contribution in [0.3, 0.4) is 0 Å². The molecule has 0 saturated heterocycles. The van der Waals surface area contributed by atoms with E-state index in [9.17, 15) is 9.59 Å². The second-order valence-corrected chi connectivity index (χ2v) is 9.85. The number of nitrogens with zero attached hydrogens (tertiary/aromatic N) is 3. The largest absolute Gasteiger partial charge is 0.497 e. The van der Waals surface area contributed by atoms with E-state index in [0.717, 1.165) is 24.3 Å². The maximum absolute atomic E-state index is 13.9. The average molecular weight is 536 g/mol. The molecule has 9 heteroatoms. The number of aromatic nitrogens is 1. The third-order valence-corrected chi connectivity index (χ3v) is 7.75. The van der Waals surface area contributed by atoms with E-state index in [1.54, 1.807) is 45.0 Å². The van der Waals surface area contributed by atoms with Gasteiger partial charge >= 0.3 is 0 Å². The summed E-state index contributed by atoms with van der Waals surface area (Å²) in [5.41, 5.74) is 3.32. The molecule has 0 saturated carbocycles. The average Bonchev–Trinajstić information content (AvgIpc) is 3.22. The molecule has 1 aliphatic rings. The predicted octanol–water partition coefficient (Wildman–Crippen LogP) is 3.70. The van der Waals surface area contributed by atoms with Crippen LogP contribution in [-0.4, -0.2) is 44.8 Å². The van der Waals surface area contributed by atoms with Gasteiger partial charge in [0.05, 0.1) is 31.9 Å². The van der Waals surface area contributed by atoms with Gasteiger partial charge in [0, 0.05) is 53.3 Å². The van der Waals surface area contributed by atoms with Gasteiger partial charge in [-0.3, -0.25) is 14.2 Å². The van der Waals surface area contributed by atoms with Crippen LogP contribution < -0.4 is 34.0 Å². The van der Waals surface area contributed by atoms with Crippen molar-refractivity contribution in [3.8, 4) is 17.2 Å². The lowest BCUT2D eigenvalue weighted by atomic mass is 9.92. The number of fused-ring (bicyclic) bond motifs is 1. The van der Waals surface area contributed by atoms with Crippen molar-refractivity contribution in [3.05, 3.63) is 78.5 Å². The fourth-order valence-electron chi connectivity index (χ4n) is 4.85. The molecular formula is C29H33N3O5S. The Morgan fingerprint density at radius 2 is 1.76 bits per heavy atom. The fourth-order valence-corrected chi connectivity index (χ4v) is 5.89. The third-order valence-electron chi connectivity index (χ3n) is 6.77. The minimum absolute atomic E-state index is 0.155. The second kappa shape index (κ2) is 11.3. The molecular weight excluding hydrogens is 502 g/mol. The van der Waals surface area contributed by atoms with E-state index in [0.29, 0.717) is 43.4 Å². The van der Waals surface area contributed by atoms with Crippen LogP contribution in [0, 0.1) is 0 Å². The first-order chi connectivity index (χ1) is 18.3. The molecule has 2 aromatic carbocycles. The monoisotopic (exact) mass is 535 g/mol. The number of hydrogen-bond donors (Lipinski definition) is 0. The number of ketones is 1. The Morgan fingerprint density at radius 1 is 1.05 bits per heavy atom. The number of hydrogen-bond acceptors (Lipinski definition) is 8. The molecule has 200 valence electrons. The summed E-state index contributed by atoms with van der Waals surface area (Å²) in [5, 5.41) is 0. The second-order valence-electron chi connectivity index (χ2n) is 8.84. The van der Waals surface area contributed by atoms with E-state index >= 15 is 0 Å². The highest BCUT2D eigenvalue weighted by Gasteiger charge is 2.32. The van der Waals surface area contributed by atoms with E-state index in [1.165, 1.54) is 18.3 Å². The molecule has 4 rings (SSSR count). The van der Waals surface area contributed by atoms with Gasteiger partial charge in [-0.15, -0.1) is 0 Å². The molecule has 0 aliphatic carbocycles. The smallest absolute Gasteiger partial charge is 0.271 e. The Hall–Kier alpha value is -3.85. The van der Waals surface area contributed by atoms with Crippen LogP contribution in [0.1, 0.15) is 44.9 Å². The normalized spacial score (nSPS) is 15.1. The molecule has 3 aromatic rings. The van der Waals surface area contributed by atoms with Gasteiger partial charge in [0.15, 0.2) is 10.6 Å². The summed E-state index contributed by atoms with van der Waals surface area (Å²) in [6.45, 7) is 9.27. The van der Waals surface area contributed by atoms with Crippen LogP contribution >= 0.6 is 11.3 Å². The van der Waals surface area contributed by atoms with Gasteiger partial charge in [0.25, 0.3) is 5.56 Å². The van der Waals surface area contributed by atoms with E-state index < -0.39 is 6.04 Å². The molecule has 0 fully saturated rings. The number of Topliss-reactive ketones (excluding diaryl/α,β-unsaturated/α-hetero) is 1. The van der Waals surface area contributed by atoms with Crippen molar-refractivity contribution in [2.45, 2.75) is 33.7 Å². The van der Waals surface area contributed by atoms with E-state index in [2.05, 4.69) is 23.7 Å².